The third kappa shape index (κ3) is 3.39. The quantitative estimate of drug-likeness (QED) is 0.817. The van der Waals surface area contributed by atoms with Crippen molar-refractivity contribution in [1.82, 2.24) is 4.98 Å². The number of nitrogens with two attached hydrogens (primary N) is 2. The van der Waals surface area contributed by atoms with Gasteiger partial charge in [-0.1, -0.05) is 0 Å². The SMILES string of the molecule is COc1cc2ncc(C(N)=O)c(N3CCC(CCN)CC3)c2cc1OC. The highest BCUT2D eigenvalue weighted by Crippen LogP contribution is 2.38. The number of carbonyl (C=O) groups excluding carboxylic acids is 1. The Morgan fingerprint density at radius 3 is 2.46 bits per heavy atom. The van der Waals surface area contributed by atoms with Gasteiger partial charge in [0, 0.05) is 30.7 Å². The molecule has 0 spiro atoms. The Labute approximate surface area is 153 Å². The zero-order valence-electron chi connectivity index (χ0n) is 15.3. The number of anilines is 1. The molecule has 140 valence electrons. The topological polar surface area (TPSA) is 104 Å². The van der Waals surface area contributed by atoms with E-state index in [2.05, 4.69) is 9.88 Å². The summed E-state index contributed by atoms with van der Waals surface area (Å²) >= 11 is 0. The molecular formula is C19H26N4O3. The van der Waals surface area contributed by atoms with Crippen LogP contribution in [0.5, 0.6) is 11.5 Å². The van der Waals surface area contributed by atoms with Crippen LogP contribution in [0.3, 0.4) is 0 Å². The van der Waals surface area contributed by atoms with Crippen molar-refractivity contribution in [2.45, 2.75) is 19.3 Å². The normalized spacial score (nSPS) is 15.3. The number of benzene rings is 1. The first-order valence-corrected chi connectivity index (χ1v) is 8.88. The molecule has 0 radical (unpaired) electrons. The number of primary amides is 1. The first-order chi connectivity index (χ1) is 12.6. The maximum absolute atomic E-state index is 12.0. The van der Waals surface area contributed by atoms with Gasteiger partial charge in [-0.05, 0) is 37.8 Å². The average molecular weight is 358 g/mol. The van der Waals surface area contributed by atoms with Crippen LogP contribution >= 0.6 is 0 Å². The van der Waals surface area contributed by atoms with Gasteiger partial charge >= 0.3 is 0 Å². The Hall–Kier alpha value is -2.54. The molecule has 0 aliphatic carbocycles. The molecule has 0 atom stereocenters. The third-order valence-electron chi connectivity index (χ3n) is 5.12. The second-order valence-corrected chi connectivity index (χ2v) is 6.62. The van der Waals surface area contributed by atoms with Crippen molar-refractivity contribution in [2.24, 2.45) is 17.4 Å². The molecule has 1 aromatic carbocycles. The van der Waals surface area contributed by atoms with E-state index in [9.17, 15) is 4.79 Å². The zero-order valence-corrected chi connectivity index (χ0v) is 15.3. The van der Waals surface area contributed by atoms with Gasteiger partial charge < -0.3 is 25.8 Å². The second kappa shape index (κ2) is 7.78. The summed E-state index contributed by atoms with van der Waals surface area (Å²) in [7, 11) is 3.18. The molecule has 1 aliphatic heterocycles. The Morgan fingerprint density at radius 1 is 1.23 bits per heavy atom. The lowest BCUT2D eigenvalue weighted by Crippen LogP contribution is -2.36. The van der Waals surface area contributed by atoms with Gasteiger partial charge in [0.1, 0.15) is 0 Å². The molecular weight excluding hydrogens is 332 g/mol. The summed E-state index contributed by atoms with van der Waals surface area (Å²) in [6, 6.07) is 3.69. The van der Waals surface area contributed by atoms with Gasteiger partial charge in [-0.15, -0.1) is 0 Å². The molecule has 1 aliphatic rings. The molecule has 0 unspecified atom stereocenters. The smallest absolute Gasteiger partial charge is 0.252 e. The van der Waals surface area contributed by atoms with Gasteiger partial charge in [0.05, 0.1) is 31.0 Å². The molecule has 0 bridgehead atoms. The van der Waals surface area contributed by atoms with Gasteiger partial charge in [-0.3, -0.25) is 9.78 Å². The summed E-state index contributed by atoms with van der Waals surface area (Å²) < 4.78 is 10.8. The summed E-state index contributed by atoms with van der Waals surface area (Å²) in [5.41, 5.74) is 13.3. The van der Waals surface area contributed by atoms with E-state index in [1.54, 1.807) is 20.4 Å². The lowest BCUT2D eigenvalue weighted by Gasteiger charge is -2.35. The van der Waals surface area contributed by atoms with Crippen LogP contribution in [0.2, 0.25) is 0 Å². The van der Waals surface area contributed by atoms with Crippen molar-refractivity contribution in [3.05, 3.63) is 23.9 Å². The minimum Gasteiger partial charge on any atom is -0.493 e. The van der Waals surface area contributed by atoms with Gasteiger partial charge in [0.15, 0.2) is 11.5 Å². The number of carbonyl (C=O) groups is 1. The summed E-state index contributed by atoms with van der Waals surface area (Å²) in [5, 5.41) is 0.844. The number of aromatic nitrogens is 1. The van der Waals surface area contributed by atoms with Gasteiger partial charge in [0.2, 0.25) is 0 Å². The molecule has 2 aromatic rings. The molecule has 3 rings (SSSR count). The number of hydrogen-bond acceptors (Lipinski definition) is 6. The molecule has 1 amide bonds. The number of ether oxygens (including phenoxy) is 2. The maximum atomic E-state index is 12.0. The number of nitrogens with zero attached hydrogens (tertiary/aromatic N) is 2. The third-order valence-corrected chi connectivity index (χ3v) is 5.12. The van der Waals surface area contributed by atoms with Crippen molar-refractivity contribution < 1.29 is 14.3 Å². The van der Waals surface area contributed by atoms with E-state index in [0.29, 0.717) is 29.5 Å². The number of methoxy groups -OCH3 is 2. The fourth-order valence-electron chi connectivity index (χ4n) is 3.71. The second-order valence-electron chi connectivity index (χ2n) is 6.62. The van der Waals surface area contributed by atoms with Crippen molar-refractivity contribution in [1.29, 1.82) is 0 Å². The van der Waals surface area contributed by atoms with E-state index in [1.807, 2.05) is 12.1 Å². The monoisotopic (exact) mass is 358 g/mol. The van der Waals surface area contributed by atoms with Gasteiger partial charge in [-0.25, -0.2) is 0 Å². The van der Waals surface area contributed by atoms with E-state index in [-0.39, 0.29) is 0 Å². The first kappa shape index (κ1) is 18.3. The largest absolute Gasteiger partial charge is 0.493 e. The van der Waals surface area contributed by atoms with Crippen LogP contribution in [0.1, 0.15) is 29.6 Å². The standard InChI is InChI=1S/C19H26N4O3/c1-25-16-9-13-15(10-17(16)26-2)22-11-14(19(21)24)18(13)23-7-4-12(3-6-20)5-8-23/h9-12H,3-8,20H2,1-2H3,(H2,21,24). The minimum atomic E-state index is -0.478. The molecule has 1 fully saturated rings. The number of pyridine rings is 1. The Balaban J connectivity index is 2.09. The highest BCUT2D eigenvalue weighted by Gasteiger charge is 2.25. The number of rotatable bonds is 6. The van der Waals surface area contributed by atoms with Gasteiger partial charge in [-0.2, -0.15) is 0 Å². The number of hydrogen-bond donors (Lipinski definition) is 2. The Kier molecular flexibility index (Phi) is 5.46. The van der Waals surface area contributed by atoms with E-state index < -0.39 is 5.91 Å². The Bertz CT molecular complexity index is 801. The predicted octanol–water partition coefficient (Wildman–Crippen LogP) is 1.92. The van der Waals surface area contributed by atoms with Crippen molar-refractivity contribution in [3.8, 4) is 11.5 Å². The van der Waals surface area contributed by atoms with E-state index in [1.165, 1.54) is 0 Å². The average Bonchev–Trinajstić information content (AvgIpc) is 2.66. The summed E-state index contributed by atoms with van der Waals surface area (Å²) in [6.45, 7) is 2.43. The summed E-state index contributed by atoms with van der Waals surface area (Å²) in [6.07, 6.45) is 4.69. The van der Waals surface area contributed by atoms with Crippen LogP contribution in [-0.4, -0.2) is 44.7 Å². The van der Waals surface area contributed by atoms with Crippen LogP contribution in [0.25, 0.3) is 10.9 Å². The minimum absolute atomic E-state index is 0.432. The van der Waals surface area contributed by atoms with Crippen LogP contribution in [0.4, 0.5) is 5.69 Å². The van der Waals surface area contributed by atoms with Crippen LogP contribution in [0.15, 0.2) is 18.3 Å². The Morgan fingerprint density at radius 2 is 1.88 bits per heavy atom. The van der Waals surface area contributed by atoms with E-state index in [4.69, 9.17) is 20.9 Å². The molecule has 7 heteroatoms. The molecule has 7 nitrogen and oxygen atoms in total. The molecule has 26 heavy (non-hydrogen) atoms. The highest BCUT2D eigenvalue weighted by molar-refractivity contribution is 6.07. The molecule has 1 saturated heterocycles. The fraction of sp³-hybridized carbons (Fsp3) is 0.474. The molecule has 1 aromatic heterocycles. The van der Waals surface area contributed by atoms with Crippen LogP contribution < -0.4 is 25.8 Å². The first-order valence-electron chi connectivity index (χ1n) is 8.88. The van der Waals surface area contributed by atoms with E-state index in [0.717, 1.165) is 48.9 Å². The van der Waals surface area contributed by atoms with E-state index >= 15 is 0 Å². The molecule has 0 saturated carbocycles. The summed E-state index contributed by atoms with van der Waals surface area (Å²) in [4.78, 5) is 18.7. The molecule has 4 N–H and O–H groups in total. The molecule has 2 heterocycles. The zero-order chi connectivity index (χ0) is 18.7. The van der Waals surface area contributed by atoms with Crippen molar-refractivity contribution in [2.75, 3.05) is 38.8 Å². The fourth-order valence-corrected chi connectivity index (χ4v) is 3.71. The highest BCUT2D eigenvalue weighted by atomic mass is 16.5. The lowest BCUT2D eigenvalue weighted by atomic mass is 9.92. The number of piperidine rings is 1. The van der Waals surface area contributed by atoms with Crippen LogP contribution in [-0.2, 0) is 0 Å². The number of amides is 1. The lowest BCUT2D eigenvalue weighted by molar-refractivity contribution is 0.100. The predicted molar refractivity (Wildman–Crippen MR) is 102 cm³/mol. The van der Waals surface area contributed by atoms with Crippen molar-refractivity contribution in [3.63, 3.8) is 0 Å². The number of fused-ring (bicyclic) bond motifs is 1. The van der Waals surface area contributed by atoms with Gasteiger partial charge in [0.25, 0.3) is 5.91 Å². The van der Waals surface area contributed by atoms with Crippen molar-refractivity contribution >= 4 is 22.5 Å². The van der Waals surface area contributed by atoms with Crippen LogP contribution in [0, 0.1) is 5.92 Å². The summed E-state index contributed by atoms with van der Waals surface area (Å²) in [5.74, 6) is 1.36. The maximum Gasteiger partial charge on any atom is 0.252 e.